The number of nitrogen functional groups attached to an aromatic ring is 1. The molecule has 1 aliphatic rings. The molecule has 3 aromatic carbocycles. The molecule has 5 rings (SSSR count). The summed E-state index contributed by atoms with van der Waals surface area (Å²) in [7, 11) is -1.74. The van der Waals surface area contributed by atoms with Gasteiger partial charge >= 0.3 is 0 Å². The number of fused-ring (bicyclic) bond motifs is 2. The van der Waals surface area contributed by atoms with Crippen LogP contribution in [0.1, 0.15) is 22.5 Å². The van der Waals surface area contributed by atoms with Crippen LogP contribution in [0.3, 0.4) is 0 Å². The lowest BCUT2D eigenvalue weighted by Gasteiger charge is -2.19. The first-order valence-corrected chi connectivity index (χ1v) is 11.8. The van der Waals surface area contributed by atoms with Crippen molar-refractivity contribution in [3.05, 3.63) is 89.2 Å². The van der Waals surface area contributed by atoms with Gasteiger partial charge in [0.05, 0.1) is 21.6 Å². The fourth-order valence-corrected chi connectivity index (χ4v) is 5.74. The molecule has 0 unspecified atom stereocenters. The number of amidine groups is 1. The maximum atomic E-state index is 13.4. The number of hydrogen-bond donors (Lipinski definition) is 2. The number of nitrogens with one attached hydrogen (secondary N) is 1. The van der Waals surface area contributed by atoms with Crippen LogP contribution in [-0.4, -0.2) is 30.3 Å². The molecule has 1 aromatic heterocycles. The number of imidazole rings is 1. The molecule has 1 aliphatic heterocycles. The van der Waals surface area contributed by atoms with Crippen molar-refractivity contribution in [3.8, 4) is 0 Å². The normalized spacial score (nSPS) is 13.1. The van der Waals surface area contributed by atoms with Crippen LogP contribution in [0.4, 0.5) is 5.69 Å². The first-order chi connectivity index (χ1) is 15.3. The molecule has 0 saturated heterocycles. The van der Waals surface area contributed by atoms with E-state index in [-0.39, 0.29) is 23.1 Å². The zero-order valence-corrected chi connectivity index (χ0v) is 19.7. The van der Waals surface area contributed by atoms with Crippen LogP contribution < -0.4 is 10.0 Å². The lowest BCUT2D eigenvalue weighted by molar-refractivity contribution is 0.592. The zero-order valence-electron chi connectivity index (χ0n) is 18.0. The average Bonchev–Trinajstić information content (AvgIpc) is 3.36. The molecule has 170 valence electrons. The van der Waals surface area contributed by atoms with Crippen LogP contribution in [0.25, 0.3) is 11.0 Å². The van der Waals surface area contributed by atoms with E-state index in [2.05, 4.69) is 0 Å². The number of para-hydroxylation sites is 1. The van der Waals surface area contributed by atoms with Crippen LogP contribution in [0, 0.1) is 5.41 Å². The number of halogens is 1. The second-order valence-corrected chi connectivity index (χ2v) is 9.84. The minimum absolute atomic E-state index is 0. The van der Waals surface area contributed by atoms with E-state index in [4.69, 9.17) is 16.1 Å². The van der Waals surface area contributed by atoms with Crippen LogP contribution in [0.15, 0.2) is 71.6 Å². The van der Waals surface area contributed by atoms with Crippen molar-refractivity contribution in [3.63, 3.8) is 0 Å². The zero-order chi connectivity index (χ0) is 22.5. The lowest BCUT2D eigenvalue weighted by atomic mass is 10.1. The predicted molar refractivity (Wildman–Crippen MR) is 133 cm³/mol. The SMILES string of the molecule is Cl.Cn1c(Cc2ccc(C(=N)N)cc2)nc2cc(S(=O)(=O)N3CCc4ccccc43)ccc21. The molecule has 4 aromatic rings. The molecule has 0 atom stereocenters. The fraction of sp³-hybridized carbons (Fsp3) is 0.167. The summed E-state index contributed by atoms with van der Waals surface area (Å²) >= 11 is 0. The summed E-state index contributed by atoms with van der Waals surface area (Å²) in [5.41, 5.74) is 10.6. The average molecular weight is 482 g/mol. The van der Waals surface area contributed by atoms with E-state index in [9.17, 15) is 8.42 Å². The molecule has 33 heavy (non-hydrogen) atoms. The number of sulfonamides is 1. The van der Waals surface area contributed by atoms with E-state index in [1.54, 1.807) is 12.1 Å². The first-order valence-electron chi connectivity index (χ1n) is 10.3. The summed E-state index contributed by atoms with van der Waals surface area (Å²) in [6.45, 7) is 0.448. The van der Waals surface area contributed by atoms with Gasteiger partial charge in [0.1, 0.15) is 11.7 Å². The predicted octanol–water partition coefficient (Wildman–Crippen LogP) is 3.62. The lowest BCUT2D eigenvalue weighted by Crippen LogP contribution is -2.29. The van der Waals surface area contributed by atoms with Crippen molar-refractivity contribution in [1.29, 1.82) is 5.41 Å². The number of anilines is 1. The Labute approximate surface area is 198 Å². The summed E-state index contributed by atoms with van der Waals surface area (Å²) in [6, 6.07) is 20.3. The van der Waals surface area contributed by atoms with Gasteiger partial charge in [-0.1, -0.05) is 42.5 Å². The third-order valence-electron chi connectivity index (χ3n) is 6.00. The van der Waals surface area contributed by atoms with E-state index in [1.165, 1.54) is 4.31 Å². The second-order valence-electron chi connectivity index (χ2n) is 7.98. The number of hydrogen-bond acceptors (Lipinski definition) is 4. The van der Waals surface area contributed by atoms with Crippen LogP contribution in [-0.2, 0) is 29.9 Å². The van der Waals surface area contributed by atoms with Gasteiger partial charge in [0.2, 0.25) is 0 Å². The van der Waals surface area contributed by atoms with E-state index < -0.39 is 10.0 Å². The van der Waals surface area contributed by atoms with Gasteiger partial charge in [-0.25, -0.2) is 13.4 Å². The smallest absolute Gasteiger partial charge is 0.264 e. The highest BCUT2D eigenvalue weighted by molar-refractivity contribution is 7.92. The molecule has 0 bridgehead atoms. The molecule has 0 spiro atoms. The molecule has 0 amide bonds. The molecule has 0 aliphatic carbocycles. The number of nitrogens with zero attached hydrogens (tertiary/aromatic N) is 3. The third kappa shape index (κ3) is 3.96. The summed E-state index contributed by atoms with van der Waals surface area (Å²) in [6.07, 6.45) is 1.30. The summed E-state index contributed by atoms with van der Waals surface area (Å²) < 4.78 is 30.2. The monoisotopic (exact) mass is 481 g/mol. The van der Waals surface area contributed by atoms with Gasteiger partial charge in [0.25, 0.3) is 10.0 Å². The van der Waals surface area contributed by atoms with E-state index in [1.807, 2.05) is 66.2 Å². The van der Waals surface area contributed by atoms with Gasteiger partial charge < -0.3 is 10.3 Å². The van der Waals surface area contributed by atoms with Crippen molar-refractivity contribution in [2.75, 3.05) is 10.8 Å². The number of benzene rings is 3. The molecule has 3 N–H and O–H groups in total. The number of rotatable bonds is 5. The number of aromatic nitrogens is 2. The summed E-state index contributed by atoms with van der Waals surface area (Å²) in [4.78, 5) is 4.97. The highest BCUT2D eigenvalue weighted by atomic mass is 35.5. The van der Waals surface area contributed by atoms with Crippen molar-refractivity contribution in [2.24, 2.45) is 12.8 Å². The largest absolute Gasteiger partial charge is 0.384 e. The Kier molecular flexibility index (Phi) is 5.90. The Hall–Kier alpha value is -3.36. The Morgan fingerprint density at radius 2 is 1.82 bits per heavy atom. The number of nitrogens with two attached hydrogens (primary N) is 1. The Morgan fingerprint density at radius 3 is 2.55 bits per heavy atom. The van der Waals surface area contributed by atoms with Crippen molar-refractivity contribution < 1.29 is 8.42 Å². The molecule has 0 fully saturated rings. The van der Waals surface area contributed by atoms with Gasteiger partial charge in [0, 0.05) is 25.6 Å². The topological polar surface area (TPSA) is 105 Å². The molecule has 0 radical (unpaired) electrons. The van der Waals surface area contributed by atoms with Gasteiger partial charge in [0.15, 0.2) is 0 Å². The molecule has 0 saturated carbocycles. The molecular formula is C24H24ClN5O2S. The molecular weight excluding hydrogens is 458 g/mol. The maximum Gasteiger partial charge on any atom is 0.264 e. The van der Waals surface area contributed by atoms with Crippen molar-refractivity contribution in [1.82, 2.24) is 9.55 Å². The van der Waals surface area contributed by atoms with E-state index >= 15 is 0 Å². The summed E-state index contributed by atoms with van der Waals surface area (Å²) in [5.74, 6) is 0.866. The third-order valence-corrected chi connectivity index (χ3v) is 7.81. The highest BCUT2D eigenvalue weighted by Gasteiger charge is 2.31. The second kappa shape index (κ2) is 8.53. The van der Waals surface area contributed by atoms with Crippen LogP contribution >= 0.6 is 12.4 Å². The fourth-order valence-electron chi connectivity index (χ4n) is 4.22. The van der Waals surface area contributed by atoms with Gasteiger partial charge in [-0.15, -0.1) is 12.4 Å². The Balaban J connectivity index is 0.00000259. The maximum absolute atomic E-state index is 13.4. The van der Waals surface area contributed by atoms with Gasteiger partial charge in [-0.3, -0.25) is 9.71 Å². The Morgan fingerprint density at radius 1 is 1.09 bits per heavy atom. The Bertz CT molecular complexity index is 1460. The van der Waals surface area contributed by atoms with Crippen molar-refractivity contribution >= 4 is 45.0 Å². The van der Waals surface area contributed by atoms with Crippen LogP contribution in [0.2, 0.25) is 0 Å². The van der Waals surface area contributed by atoms with E-state index in [0.29, 0.717) is 30.5 Å². The standard InChI is InChI=1S/C24H23N5O2S.ClH/c1-28-22-11-10-19(32(30,31)29-13-12-17-4-2-3-5-21(17)29)15-20(22)27-23(28)14-16-6-8-18(9-7-16)24(25)26;/h2-11,15H,12-14H2,1H3,(H3,25,26);1H. The first kappa shape index (κ1) is 22.8. The van der Waals surface area contributed by atoms with Crippen LogP contribution in [0.5, 0.6) is 0 Å². The van der Waals surface area contributed by atoms with E-state index in [0.717, 1.165) is 28.2 Å². The van der Waals surface area contributed by atoms with Gasteiger partial charge in [-0.05, 0) is 41.8 Å². The highest BCUT2D eigenvalue weighted by Crippen LogP contribution is 2.33. The summed E-state index contributed by atoms with van der Waals surface area (Å²) in [5, 5.41) is 7.52. The number of aryl methyl sites for hydroxylation is 1. The molecule has 9 heteroatoms. The minimum atomic E-state index is -3.67. The van der Waals surface area contributed by atoms with Gasteiger partial charge in [-0.2, -0.15) is 0 Å². The van der Waals surface area contributed by atoms with Crippen molar-refractivity contribution in [2.45, 2.75) is 17.7 Å². The molecule has 2 heterocycles. The quantitative estimate of drug-likeness (QED) is 0.335. The minimum Gasteiger partial charge on any atom is -0.384 e. The molecule has 7 nitrogen and oxygen atoms in total.